The Morgan fingerprint density at radius 2 is 1.52 bits per heavy atom. The number of benzene rings is 3. The van der Waals surface area contributed by atoms with Crippen molar-refractivity contribution in [2.75, 3.05) is 0 Å². The second-order valence-corrected chi connectivity index (χ2v) is 6.14. The number of rotatable bonds is 1. The Bertz CT molecular complexity index is 1100. The number of pyridine rings is 1. The van der Waals surface area contributed by atoms with Crippen LogP contribution in [0.25, 0.3) is 32.8 Å². The van der Waals surface area contributed by atoms with Crippen LogP contribution >= 0.6 is 0 Å². The van der Waals surface area contributed by atoms with Crippen LogP contribution in [0.3, 0.4) is 0 Å². The van der Waals surface area contributed by atoms with Gasteiger partial charge < -0.3 is 0 Å². The average molecular weight is 338 g/mol. The van der Waals surface area contributed by atoms with Gasteiger partial charge >= 0.3 is 6.18 Å². The van der Waals surface area contributed by atoms with E-state index in [0.717, 1.165) is 33.3 Å². The first-order chi connectivity index (χ1) is 11.9. The van der Waals surface area contributed by atoms with Crippen molar-refractivity contribution in [1.29, 1.82) is 0 Å². The highest BCUT2D eigenvalue weighted by Crippen LogP contribution is 2.33. The maximum absolute atomic E-state index is 13.0. The van der Waals surface area contributed by atoms with Crippen LogP contribution < -0.4 is 4.57 Å². The molecule has 0 aliphatic carbocycles. The zero-order chi connectivity index (χ0) is 17.6. The molecule has 0 aliphatic heterocycles. The van der Waals surface area contributed by atoms with Crippen LogP contribution in [0.1, 0.15) is 5.56 Å². The fourth-order valence-corrected chi connectivity index (χ4v) is 3.25. The molecule has 0 aliphatic rings. The molecule has 124 valence electrons. The molecule has 1 aromatic heterocycles. The quantitative estimate of drug-likeness (QED) is 0.318. The summed E-state index contributed by atoms with van der Waals surface area (Å²) in [4.78, 5) is 0. The molecule has 4 rings (SSSR count). The lowest BCUT2D eigenvalue weighted by Gasteiger charge is -2.10. The first kappa shape index (κ1) is 15.6. The highest BCUT2D eigenvalue weighted by Gasteiger charge is 2.30. The Labute approximate surface area is 143 Å². The van der Waals surface area contributed by atoms with E-state index in [1.807, 2.05) is 54.1 Å². The first-order valence-corrected chi connectivity index (χ1v) is 7.92. The van der Waals surface area contributed by atoms with Gasteiger partial charge in [0.25, 0.3) is 0 Å². The third-order valence-corrected chi connectivity index (χ3v) is 4.48. The standard InChI is InChI=1S/C21H15F3N/c1-25-13-16-5-2-3-8-18(16)19-12-15(9-10-20(19)25)14-6-4-7-17(11-14)21(22,23)24/h2-13H,1H3/q+1. The molecule has 0 amide bonds. The molecule has 0 saturated heterocycles. The van der Waals surface area contributed by atoms with E-state index in [4.69, 9.17) is 0 Å². The van der Waals surface area contributed by atoms with Crippen molar-refractivity contribution in [2.24, 2.45) is 7.05 Å². The predicted molar refractivity (Wildman–Crippen MR) is 93.1 cm³/mol. The SMILES string of the molecule is C[n+]1cc2ccccc2c2cc(-c3cccc(C(F)(F)F)c3)ccc21. The maximum atomic E-state index is 13.0. The minimum Gasteiger partial charge on any atom is -0.200 e. The van der Waals surface area contributed by atoms with Gasteiger partial charge in [-0.2, -0.15) is 13.2 Å². The topological polar surface area (TPSA) is 3.88 Å². The number of fused-ring (bicyclic) bond motifs is 3. The minimum absolute atomic E-state index is 0.562. The molecular formula is C21H15F3N+. The van der Waals surface area contributed by atoms with E-state index in [0.29, 0.717) is 5.56 Å². The predicted octanol–water partition coefficient (Wildman–Crippen LogP) is 5.50. The van der Waals surface area contributed by atoms with Gasteiger partial charge in [-0.05, 0) is 41.5 Å². The van der Waals surface area contributed by atoms with Crippen molar-refractivity contribution >= 4 is 21.7 Å². The summed E-state index contributed by atoms with van der Waals surface area (Å²) in [6.07, 6.45) is -2.28. The van der Waals surface area contributed by atoms with Crippen LogP contribution in [0.5, 0.6) is 0 Å². The fraction of sp³-hybridized carbons (Fsp3) is 0.0952. The summed E-state index contributed by atoms with van der Waals surface area (Å²) in [6.45, 7) is 0. The molecule has 0 spiro atoms. The van der Waals surface area contributed by atoms with Crippen LogP contribution in [-0.2, 0) is 13.2 Å². The molecule has 0 fully saturated rings. The average Bonchev–Trinajstić information content (AvgIpc) is 2.61. The summed E-state index contributed by atoms with van der Waals surface area (Å²) in [5.74, 6) is 0. The lowest BCUT2D eigenvalue weighted by Crippen LogP contribution is -2.28. The highest BCUT2D eigenvalue weighted by atomic mass is 19.4. The van der Waals surface area contributed by atoms with Gasteiger partial charge in [-0.1, -0.05) is 30.3 Å². The molecule has 0 radical (unpaired) electrons. The van der Waals surface area contributed by atoms with Crippen LogP contribution in [0, 0.1) is 0 Å². The molecule has 0 N–H and O–H groups in total. The molecule has 25 heavy (non-hydrogen) atoms. The fourth-order valence-electron chi connectivity index (χ4n) is 3.25. The summed E-state index contributed by atoms with van der Waals surface area (Å²) in [5.41, 5.74) is 1.74. The van der Waals surface area contributed by atoms with Gasteiger partial charge in [0.2, 0.25) is 5.52 Å². The van der Waals surface area contributed by atoms with Crippen molar-refractivity contribution in [3.05, 3.63) is 78.5 Å². The molecule has 1 heterocycles. The van der Waals surface area contributed by atoms with Gasteiger partial charge in [0.1, 0.15) is 7.05 Å². The van der Waals surface area contributed by atoms with E-state index in [-0.39, 0.29) is 0 Å². The van der Waals surface area contributed by atoms with Crippen molar-refractivity contribution < 1.29 is 17.7 Å². The number of halogens is 3. The molecule has 3 aromatic carbocycles. The maximum Gasteiger partial charge on any atom is 0.416 e. The Hall–Kier alpha value is -2.88. The first-order valence-electron chi connectivity index (χ1n) is 7.92. The Morgan fingerprint density at radius 1 is 0.760 bits per heavy atom. The normalized spacial score (nSPS) is 12.0. The molecule has 0 saturated carbocycles. The number of aromatic nitrogens is 1. The van der Waals surface area contributed by atoms with E-state index in [1.165, 1.54) is 12.1 Å². The molecule has 0 atom stereocenters. The Kier molecular flexibility index (Phi) is 3.49. The Balaban J connectivity index is 1.97. The van der Waals surface area contributed by atoms with E-state index in [9.17, 15) is 13.2 Å². The molecule has 4 heteroatoms. The summed E-state index contributed by atoms with van der Waals surface area (Å²) in [5, 5.41) is 3.21. The second-order valence-electron chi connectivity index (χ2n) is 6.14. The largest absolute Gasteiger partial charge is 0.416 e. The number of hydrogen-bond acceptors (Lipinski definition) is 0. The third kappa shape index (κ3) is 2.74. The summed E-state index contributed by atoms with van der Waals surface area (Å²) in [6, 6.07) is 19.3. The van der Waals surface area contributed by atoms with E-state index < -0.39 is 11.7 Å². The van der Waals surface area contributed by atoms with Gasteiger partial charge in [-0.3, -0.25) is 0 Å². The zero-order valence-corrected chi connectivity index (χ0v) is 13.5. The van der Waals surface area contributed by atoms with Gasteiger partial charge in [-0.25, -0.2) is 4.57 Å². The van der Waals surface area contributed by atoms with Gasteiger partial charge in [-0.15, -0.1) is 0 Å². The number of aryl methyl sites for hydroxylation is 1. The smallest absolute Gasteiger partial charge is 0.200 e. The Morgan fingerprint density at radius 3 is 2.32 bits per heavy atom. The molecular weight excluding hydrogens is 323 g/mol. The third-order valence-electron chi connectivity index (χ3n) is 4.48. The van der Waals surface area contributed by atoms with E-state index in [1.54, 1.807) is 6.07 Å². The van der Waals surface area contributed by atoms with Crippen LogP contribution in [-0.4, -0.2) is 0 Å². The van der Waals surface area contributed by atoms with Crippen molar-refractivity contribution in [3.8, 4) is 11.1 Å². The number of hydrogen-bond donors (Lipinski definition) is 0. The van der Waals surface area contributed by atoms with Crippen molar-refractivity contribution in [2.45, 2.75) is 6.18 Å². The van der Waals surface area contributed by atoms with Gasteiger partial charge in [0, 0.05) is 16.8 Å². The molecule has 1 nitrogen and oxygen atoms in total. The number of alkyl halides is 3. The zero-order valence-electron chi connectivity index (χ0n) is 13.5. The second kappa shape index (κ2) is 5.59. The molecule has 4 aromatic rings. The van der Waals surface area contributed by atoms with Gasteiger partial charge in [0.15, 0.2) is 6.20 Å². The van der Waals surface area contributed by atoms with Crippen LogP contribution in [0.4, 0.5) is 13.2 Å². The summed E-state index contributed by atoms with van der Waals surface area (Å²) in [7, 11) is 1.97. The van der Waals surface area contributed by atoms with E-state index in [2.05, 4.69) is 6.20 Å². The highest BCUT2D eigenvalue weighted by molar-refractivity contribution is 6.05. The molecule has 0 unspecified atom stereocenters. The van der Waals surface area contributed by atoms with Crippen LogP contribution in [0.15, 0.2) is 72.9 Å². The number of nitrogens with zero attached hydrogens (tertiary/aromatic N) is 1. The van der Waals surface area contributed by atoms with Crippen molar-refractivity contribution in [1.82, 2.24) is 0 Å². The lowest BCUT2D eigenvalue weighted by atomic mass is 9.98. The molecule has 0 bridgehead atoms. The van der Waals surface area contributed by atoms with Gasteiger partial charge in [0.05, 0.1) is 10.9 Å². The monoisotopic (exact) mass is 338 g/mol. The van der Waals surface area contributed by atoms with Crippen LogP contribution in [0.2, 0.25) is 0 Å². The minimum atomic E-state index is -4.34. The summed E-state index contributed by atoms with van der Waals surface area (Å²) >= 11 is 0. The van der Waals surface area contributed by atoms with E-state index >= 15 is 0 Å². The summed E-state index contributed by atoms with van der Waals surface area (Å²) < 4.78 is 41.0. The van der Waals surface area contributed by atoms with Crippen molar-refractivity contribution in [3.63, 3.8) is 0 Å². The lowest BCUT2D eigenvalue weighted by molar-refractivity contribution is -0.643.